The van der Waals surface area contributed by atoms with Crippen LogP contribution in [0.4, 0.5) is 0 Å². The van der Waals surface area contributed by atoms with E-state index in [9.17, 15) is 15.3 Å². The van der Waals surface area contributed by atoms with Crippen LogP contribution in [-0.2, 0) is 0 Å². The topological polar surface area (TPSA) is 63.9 Å². The number of hydrogen-bond acceptors (Lipinski definition) is 4. The largest absolute Gasteiger partial charge is 0.389 e. The van der Waals surface area contributed by atoms with Gasteiger partial charge in [0.2, 0.25) is 0 Å². The summed E-state index contributed by atoms with van der Waals surface area (Å²) in [6.45, 7) is 1.44. The van der Waals surface area contributed by atoms with Crippen molar-refractivity contribution in [3.63, 3.8) is 0 Å². The van der Waals surface area contributed by atoms with Gasteiger partial charge in [0.1, 0.15) is 6.10 Å². The summed E-state index contributed by atoms with van der Waals surface area (Å²) in [7, 11) is 0. The molecule has 0 spiro atoms. The summed E-state index contributed by atoms with van der Waals surface area (Å²) in [5.41, 5.74) is 0. The smallest absolute Gasteiger partial charge is 0.108 e. The molecule has 4 heteroatoms. The van der Waals surface area contributed by atoms with Crippen LogP contribution in [0.25, 0.3) is 0 Å². The maximum Gasteiger partial charge on any atom is 0.108 e. The zero-order chi connectivity index (χ0) is 8.72. The Bertz CT molecular complexity index is 176. The molecule has 2 fully saturated rings. The van der Waals surface area contributed by atoms with Crippen LogP contribution in [-0.4, -0.2) is 57.7 Å². The Balaban J connectivity index is 2.10. The van der Waals surface area contributed by atoms with E-state index in [0.29, 0.717) is 6.54 Å². The second kappa shape index (κ2) is 2.96. The van der Waals surface area contributed by atoms with E-state index >= 15 is 0 Å². The molecule has 0 amide bonds. The van der Waals surface area contributed by atoms with Crippen LogP contribution >= 0.6 is 0 Å². The van der Waals surface area contributed by atoms with Gasteiger partial charge in [0, 0.05) is 12.6 Å². The molecule has 3 N–H and O–H groups in total. The minimum Gasteiger partial charge on any atom is -0.389 e. The van der Waals surface area contributed by atoms with Crippen molar-refractivity contribution in [2.24, 2.45) is 0 Å². The van der Waals surface area contributed by atoms with Gasteiger partial charge in [0.25, 0.3) is 0 Å². The van der Waals surface area contributed by atoms with Crippen molar-refractivity contribution in [2.45, 2.75) is 37.2 Å². The molecule has 4 nitrogen and oxygen atoms in total. The first-order chi connectivity index (χ1) is 5.70. The molecule has 0 aromatic heterocycles. The Hall–Kier alpha value is -0.160. The van der Waals surface area contributed by atoms with Crippen molar-refractivity contribution in [1.29, 1.82) is 0 Å². The molecule has 12 heavy (non-hydrogen) atoms. The molecule has 2 heterocycles. The third-order valence-corrected chi connectivity index (χ3v) is 2.97. The normalized spacial score (nSPS) is 49.2. The molecule has 2 aliphatic heterocycles. The van der Waals surface area contributed by atoms with Crippen LogP contribution in [0.2, 0.25) is 0 Å². The van der Waals surface area contributed by atoms with Crippen LogP contribution in [0.5, 0.6) is 0 Å². The van der Waals surface area contributed by atoms with Crippen LogP contribution < -0.4 is 0 Å². The summed E-state index contributed by atoms with van der Waals surface area (Å²) in [4.78, 5) is 2.06. The first-order valence-electron chi connectivity index (χ1n) is 4.48. The molecule has 2 aliphatic rings. The quantitative estimate of drug-likeness (QED) is 0.419. The Kier molecular flexibility index (Phi) is 2.08. The Morgan fingerprint density at radius 2 is 1.83 bits per heavy atom. The highest BCUT2D eigenvalue weighted by atomic mass is 16.4. The highest BCUT2D eigenvalue weighted by molar-refractivity contribution is 4.97. The summed E-state index contributed by atoms with van der Waals surface area (Å²) >= 11 is 0. The number of rotatable bonds is 0. The van der Waals surface area contributed by atoms with E-state index in [0.717, 1.165) is 19.4 Å². The average molecular weight is 173 g/mol. The highest BCUT2D eigenvalue weighted by Crippen LogP contribution is 2.27. The third-order valence-electron chi connectivity index (χ3n) is 2.97. The lowest BCUT2D eigenvalue weighted by Crippen LogP contribution is -2.58. The minimum absolute atomic E-state index is 0.0726. The number of hydrogen-bond donors (Lipinski definition) is 3. The first-order valence-corrected chi connectivity index (χ1v) is 4.48. The average Bonchev–Trinajstić information content (AvgIpc) is 2.48. The SMILES string of the molecule is O[C@H]1[C@H](O)C2CCCN2C[C@@H]1O. The van der Waals surface area contributed by atoms with E-state index in [4.69, 9.17) is 0 Å². The van der Waals surface area contributed by atoms with Gasteiger partial charge in [0.15, 0.2) is 0 Å². The lowest BCUT2D eigenvalue weighted by atomic mass is 9.94. The summed E-state index contributed by atoms with van der Waals surface area (Å²) in [6.07, 6.45) is -0.513. The van der Waals surface area contributed by atoms with Crippen molar-refractivity contribution in [2.75, 3.05) is 13.1 Å². The second-order valence-electron chi connectivity index (χ2n) is 3.75. The van der Waals surface area contributed by atoms with E-state index in [2.05, 4.69) is 4.90 Å². The van der Waals surface area contributed by atoms with Gasteiger partial charge < -0.3 is 15.3 Å². The second-order valence-corrected chi connectivity index (χ2v) is 3.75. The predicted molar refractivity (Wildman–Crippen MR) is 42.6 cm³/mol. The van der Waals surface area contributed by atoms with Gasteiger partial charge in [-0.25, -0.2) is 0 Å². The van der Waals surface area contributed by atoms with E-state index in [1.54, 1.807) is 0 Å². The van der Waals surface area contributed by atoms with Crippen molar-refractivity contribution in [3.8, 4) is 0 Å². The standard InChI is InChI=1S/C8H15NO3/c10-6-4-9-3-1-2-5(9)7(11)8(6)12/h5-8,10-12H,1-4H2/t5?,6-,7+,8+/m0/s1. The van der Waals surface area contributed by atoms with Gasteiger partial charge in [0.05, 0.1) is 12.2 Å². The van der Waals surface area contributed by atoms with Crippen molar-refractivity contribution < 1.29 is 15.3 Å². The van der Waals surface area contributed by atoms with Gasteiger partial charge >= 0.3 is 0 Å². The molecule has 0 aromatic rings. The molecular weight excluding hydrogens is 158 g/mol. The molecule has 0 aromatic carbocycles. The number of nitrogens with zero attached hydrogens (tertiary/aromatic N) is 1. The summed E-state index contributed by atoms with van der Waals surface area (Å²) < 4.78 is 0. The van der Waals surface area contributed by atoms with E-state index < -0.39 is 18.3 Å². The van der Waals surface area contributed by atoms with Gasteiger partial charge in [-0.2, -0.15) is 0 Å². The Morgan fingerprint density at radius 1 is 1.08 bits per heavy atom. The lowest BCUT2D eigenvalue weighted by Gasteiger charge is -2.39. The molecule has 0 aliphatic carbocycles. The van der Waals surface area contributed by atoms with Crippen LogP contribution in [0.3, 0.4) is 0 Å². The lowest BCUT2D eigenvalue weighted by molar-refractivity contribution is -0.127. The maximum absolute atomic E-state index is 9.57. The van der Waals surface area contributed by atoms with E-state index in [1.807, 2.05) is 0 Å². The molecule has 2 rings (SSSR count). The molecule has 2 saturated heterocycles. The zero-order valence-corrected chi connectivity index (χ0v) is 6.93. The van der Waals surface area contributed by atoms with Crippen molar-refractivity contribution >= 4 is 0 Å². The fourth-order valence-electron chi connectivity index (χ4n) is 2.27. The van der Waals surface area contributed by atoms with Crippen LogP contribution in [0.1, 0.15) is 12.8 Å². The van der Waals surface area contributed by atoms with Gasteiger partial charge in [-0.05, 0) is 19.4 Å². The summed E-state index contributed by atoms with van der Waals surface area (Å²) in [6, 6.07) is 0.0726. The van der Waals surface area contributed by atoms with Gasteiger partial charge in [-0.15, -0.1) is 0 Å². The molecule has 0 bridgehead atoms. The van der Waals surface area contributed by atoms with E-state index in [1.165, 1.54) is 0 Å². The minimum atomic E-state index is -0.954. The first kappa shape index (κ1) is 8.44. The fraction of sp³-hybridized carbons (Fsp3) is 1.00. The van der Waals surface area contributed by atoms with Crippen molar-refractivity contribution in [3.05, 3.63) is 0 Å². The number of aliphatic hydroxyl groups excluding tert-OH is 3. The fourth-order valence-corrected chi connectivity index (χ4v) is 2.27. The van der Waals surface area contributed by atoms with Crippen LogP contribution in [0, 0.1) is 0 Å². The number of aliphatic hydroxyl groups is 3. The number of piperidine rings is 1. The molecule has 0 radical (unpaired) electrons. The van der Waals surface area contributed by atoms with Crippen molar-refractivity contribution in [1.82, 2.24) is 4.90 Å². The Morgan fingerprint density at radius 3 is 2.58 bits per heavy atom. The monoisotopic (exact) mass is 173 g/mol. The third kappa shape index (κ3) is 1.15. The molecule has 4 atom stereocenters. The summed E-state index contributed by atoms with van der Waals surface area (Å²) in [5, 5.41) is 28.3. The molecular formula is C8H15NO3. The molecule has 1 unspecified atom stereocenters. The van der Waals surface area contributed by atoms with E-state index in [-0.39, 0.29) is 6.04 Å². The predicted octanol–water partition coefficient (Wildman–Crippen LogP) is -1.45. The molecule has 70 valence electrons. The maximum atomic E-state index is 9.57. The zero-order valence-electron chi connectivity index (χ0n) is 6.93. The van der Waals surface area contributed by atoms with Gasteiger partial charge in [-0.1, -0.05) is 0 Å². The summed E-state index contributed by atoms with van der Waals surface area (Å²) in [5.74, 6) is 0. The number of fused-ring (bicyclic) bond motifs is 1. The highest BCUT2D eigenvalue weighted by Gasteiger charge is 2.42. The molecule has 0 saturated carbocycles. The van der Waals surface area contributed by atoms with Crippen LogP contribution in [0.15, 0.2) is 0 Å². The van der Waals surface area contributed by atoms with Gasteiger partial charge in [-0.3, -0.25) is 4.90 Å². The Labute approximate surface area is 71.4 Å².